The summed E-state index contributed by atoms with van der Waals surface area (Å²) in [5, 5.41) is 12.5. The van der Waals surface area contributed by atoms with E-state index in [-0.39, 0.29) is 13.0 Å². The molecule has 0 saturated heterocycles. The largest absolute Gasteiger partial charge is 0.456 e. The van der Waals surface area contributed by atoms with Crippen molar-refractivity contribution in [2.24, 2.45) is 0 Å². The molecule has 3 rings (SSSR count). The van der Waals surface area contributed by atoms with Gasteiger partial charge in [0.15, 0.2) is 6.61 Å². The van der Waals surface area contributed by atoms with E-state index in [0.29, 0.717) is 17.7 Å². The minimum absolute atomic E-state index is 0.254. The second-order valence-corrected chi connectivity index (χ2v) is 6.11. The van der Waals surface area contributed by atoms with Crippen LogP contribution >= 0.6 is 0 Å². The average molecular weight is 361 g/mol. The molecule has 0 saturated carbocycles. The first kappa shape index (κ1) is 18.2. The summed E-state index contributed by atoms with van der Waals surface area (Å²) in [6.07, 6.45) is 3.62. The van der Waals surface area contributed by atoms with Crippen LogP contribution in [0.1, 0.15) is 24.0 Å². The Bertz CT molecular complexity index is 984. The summed E-state index contributed by atoms with van der Waals surface area (Å²) < 4.78 is 5.02. The minimum atomic E-state index is -0.412. The number of aromatic amines is 1. The number of carbonyl (C=O) groups is 2. The van der Waals surface area contributed by atoms with Crippen LogP contribution in [0, 0.1) is 11.3 Å². The maximum atomic E-state index is 11.8. The number of esters is 1. The Morgan fingerprint density at radius 2 is 1.89 bits per heavy atom. The molecule has 6 heteroatoms. The third-order valence-corrected chi connectivity index (χ3v) is 4.16. The molecule has 0 aliphatic heterocycles. The summed E-state index contributed by atoms with van der Waals surface area (Å²) in [4.78, 5) is 26.9. The van der Waals surface area contributed by atoms with Crippen molar-refractivity contribution in [3.63, 3.8) is 0 Å². The highest BCUT2D eigenvalue weighted by atomic mass is 16.5. The van der Waals surface area contributed by atoms with Crippen molar-refractivity contribution >= 4 is 28.5 Å². The number of aryl methyl sites for hydroxylation is 1. The molecule has 0 atom stereocenters. The molecular weight excluding hydrogens is 342 g/mol. The second-order valence-electron chi connectivity index (χ2n) is 6.11. The Morgan fingerprint density at radius 1 is 1.11 bits per heavy atom. The van der Waals surface area contributed by atoms with Crippen molar-refractivity contribution < 1.29 is 14.3 Å². The van der Waals surface area contributed by atoms with Gasteiger partial charge in [0.25, 0.3) is 5.91 Å². The molecular formula is C21H19N3O3. The summed E-state index contributed by atoms with van der Waals surface area (Å²) >= 11 is 0. The van der Waals surface area contributed by atoms with Crippen LogP contribution < -0.4 is 5.32 Å². The first-order valence-corrected chi connectivity index (χ1v) is 8.66. The number of nitriles is 1. The summed E-state index contributed by atoms with van der Waals surface area (Å²) in [5.74, 6) is -0.811. The van der Waals surface area contributed by atoms with E-state index < -0.39 is 11.9 Å². The maximum absolute atomic E-state index is 11.8. The number of para-hydroxylation sites is 1. The lowest BCUT2D eigenvalue weighted by Gasteiger charge is -2.06. The van der Waals surface area contributed by atoms with Gasteiger partial charge in [-0.25, -0.2) is 0 Å². The fraction of sp³-hybridized carbons (Fsp3) is 0.190. The number of amides is 1. The van der Waals surface area contributed by atoms with Crippen molar-refractivity contribution in [3.05, 3.63) is 65.9 Å². The fourth-order valence-electron chi connectivity index (χ4n) is 2.81. The quantitative estimate of drug-likeness (QED) is 0.629. The molecule has 2 N–H and O–H groups in total. The zero-order valence-electron chi connectivity index (χ0n) is 14.7. The van der Waals surface area contributed by atoms with E-state index >= 15 is 0 Å². The van der Waals surface area contributed by atoms with Crippen LogP contribution in [-0.4, -0.2) is 23.5 Å². The van der Waals surface area contributed by atoms with Crippen LogP contribution in [-0.2, 0) is 20.7 Å². The lowest BCUT2D eigenvalue weighted by atomic mass is 10.1. The molecule has 136 valence electrons. The third kappa shape index (κ3) is 4.95. The highest BCUT2D eigenvalue weighted by molar-refractivity contribution is 5.92. The molecule has 0 unspecified atom stereocenters. The number of fused-ring (bicyclic) bond motifs is 1. The highest BCUT2D eigenvalue weighted by Gasteiger charge is 2.09. The molecule has 0 bridgehead atoms. The molecule has 0 aliphatic rings. The number of aromatic nitrogens is 1. The van der Waals surface area contributed by atoms with Crippen molar-refractivity contribution in [3.8, 4) is 6.07 Å². The molecule has 0 radical (unpaired) electrons. The molecule has 27 heavy (non-hydrogen) atoms. The first-order valence-electron chi connectivity index (χ1n) is 8.66. The Labute approximate surface area is 156 Å². The fourth-order valence-corrected chi connectivity index (χ4v) is 2.81. The van der Waals surface area contributed by atoms with Gasteiger partial charge in [0, 0.05) is 29.2 Å². The molecule has 0 spiro atoms. The first-order chi connectivity index (χ1) is 13.2. The SMILES string of the molecule is N#Cc1ccc(NC(=O)COC(=O)CCCc2c[nH]c3ccccc23)cc1. The number of nitrogens with one attached hydrogen (secondary N) is 2. The molecule has 2 aromatic carbocycles. The number of H-pyrrole nitrogens is 1. The number of carbonyl (C=O) groups excluding carboxylic acids is 2. The van der Waals surface area contributed by atoms with Gasteiger partial charge < -0.3 is 15.0 Å². The number of nitrogens with zero attached hydrogens (tertiary/aromatic N) is 1. The number of rotatable bonds is 7. The molecule has 0 fully saturated rings. The number of hydrogen-bond acceptors (Lipinski definition) is 4. The van der Waals surface area contributed by atoms with Crippen molar-refractivity contribution in [2.75, 3.05) is 11.9 Å². The molecule has 1 heterocycles. The average Bonchev–Trinajstić information content (AvgIpc) is 3.10. The van der Waals surface area contributed by atoms with Gasteiger partial charge >= 0.3 is 5.97 Å². The Hall–Kier alpha value is -3.59. The van der Waals surface area contributed by atoms with Crippen molar-refractivity contribution in [1.82, 2.24) is 4.98 Å². The Morgan fingerprint density at radius 3 is 2.67 bits per heavy atom. The van der Waals surface area contributed by atoms with Crippen LogP contribution in [0.2, 0.25) is 0 Å². The van der Waals surface area contributed by atoms with Crippen LogP contribution in [0.3, 0.4) is 0 Å². The predicted molar refractivity (Wildman–Crippen MR) is 102 cm³/mol. The zero-order valence-corrected chi connectivity index (χ0v) is 14.7. The molecule has 3 aromatic rings. The van der Waals surface area contributed by atoms with E-state index in [1.165, 1.54) is 0 Å². The van der Waals surface area contributed by atoms with Crippen molar-refractivity contribution in [1.29, 1.82) is 5.26 Å². The van der Waals surface area contributed by atoms with E-state index in [1.807, 2.05) is 36.5 Å². The molecule has 1 aromatic heterocycles. The van der Waals surface area contributed by atoms with Gasteiger partial charge in [-0.3, -0.25) is 9.59 Å². The molecule has 1 amide bonds. The van der Waals surface area contributed by atoms with E-state index in [9.17, 15) is 9.59 Å². The zero-order chi connectivity index (χ0) is 19.1. The van der Waals surface area contributed by atoms with Gasteiger partial charge in [0.05, 0.1) is 11.6 Å². The Balaban J connectivity index is 1.39. The normalized spacial score (nSPS) is 10.3. The van der Waals surface area contributed by atoms with Gasteiger partial charge in [-0.2, -0.15) is 5.26 Å². The molecule has 0 aliphatic carbocycles. The minimum Gasteiger partial charge on any atom is -0.456 e. The van der Waals surface area contributed by atoms with Crippen LogP contribution in [0.15, 0.2) is 54.7 Å². The van der Waals surface area contributed by atoms with Gasteiger partial charge in [-0.05, 0) is 48.7 Å². The highest BCUT2D eigenvalue weighted by Crippen LogP contribution is 2.19. The monoisotopic (exact) mass is 361 g/mol. The predicted octanol–water partition coefficient (Wildman–Crippen LogP) is 3.54. The standard InChI is InChI=1S/C21H19N3O3/c22-12-15-8-10-17(11-9-15)24-20(25)14-27-21(26)7-3-4-16-13-23-19-6-2-1-5-18(16)19/h1-2,5-6,8-11,13,23H,3-4,7,14H2,(H,24,25). The number of benzene rings is 2. The second kappa shape index (κ2) is 8.68. The van der Waals surface area contributed by atoms with Crippen LogP contribution in [0.25, 0.3) is 10.9 Å². The third-order valence-electron chi connectivity index (χ3n) is 4.16. The topological polar surface area (TPSA) is 95.0 Å². The lowest BCUT2D eigenvalue weighted by Crippen LogP contribution is -2.20. The van der Waals surface area contributed by atoms with E-state index in [1.54, 1.807) is 24.3 Å². The Kier molecular flexibility index (Phi) is 5.85. The number of anilines is 1. The van der Waals surface area contributed by atoms with Gasteiger partial charge in [0.1, 0.15) is 0 Å². The summed E-state index contributed by atoms with van der Waals surface area (Å²) in [6.45, 7) is -0.327. The van der Waals surface area contributed by atoms with Gasteiger partial charge in [-0.15, -0.1) is 0 Å². The van der Waals surface area contributed by atoms with Crippen LogP contribution in [0.4, 0.5) is 5.69 Å². The summed E-state index contributed by atoms with van der Waals surface area (Å²) in [7, 11) is 0. The smallest absolute Gasteiger partial charge is 0.306 e. The number of ether oxygens (including phenoxy) is 1. The van der Waals surface area contributed by atoms with Gasteiger partial charge in [0.2, 0.25) is 0 Å². The maximum Gasteiger partial charge on any atom is 0.306 e. The van der Waals surface area contributed by atoms with Crippen LogP contribution in [0.5, 0.6) is 0 Å². The van der Waals surface area contributed by atoms with E-state index in [4.69, 9.17) is 10.00 Å². The van der Waals surface area contributed by atoms with Gasteiger partial charge in [-0.1, -0.05) is 18.2 Å². The lowest BCUT2D eigenvalue weighted by molar-refractivity contribution is -0.147. The summed E-state index contributed by atoms with van der Waals surface area (Å²) in [5.41, 5.74) is 3.30. The van der Waals surface area contributed by atoms with E-state index in [2.05, 4.69) is 10.3 Å². The molecule has 6 nitrogen and oxygen atoms in total. The summed E-state index contributed by atoms with van der Waals surface area (Å²) in [6, 6.07) is 16.5. The van der Waals surface area contributed by atoms with Crippen molar-refractivity contribution in [2.45, 2.75) is 19.3 Å². The van der Waals surface area contributed by atoms with E-state index in [0.717, 1.165) is 22.9 Å². The number of hydrogen-bond donors (Lipinski definition) is 2.